The Bertz CT molecular complexity index is 863. The lowest BCUT2D eigenvalue weighted by molar-refractivity contribution is -0.138. The summed E-state index contributed by atoms with van der Waals surface area (Å²) in [5, 5.41) is 0. The number of piperidine rings is 1. The Hall–Kier alpha value is -2.23. The number of benzene rings is 2. The molecule has 0 radical (unpaired) electrons. The normalized spacial score (nSPS) is 25.5. The van der Waals surface area contributed by atoms with E-state index in [9.17, 15) is 13.6 Å². The first kappa shape index (κ1) is 16.2. The van der Waals surface area contributed by atoms with E-state index in [0.717, 1.165) is 25.3 Å². The molecule has 25 heavy (non-hydrogen) atoms. The molecule has 0 spiro atoms. The van der Waals surface area contributed by atoms with E-state index >= 15 is 0 Å². The summed E-state index contributed by atoms with van der Waals surface area (Å²) in [5.74, 6) is -1.41. The first-order valence-electron chi connectivity index (χ1n) is 8.75. The van der Waals surface area contributed by atoms with Gasteiger partial charge >= 0.3 is 0 Å². The third kappa shape index (κ3) is 2.38. The number of amides is 1. The first-order chi connectivity index (χ1) is 11.9. The third-order valence-electron chi connectivity index (χ3n) is 6.12. The Morgan fingerprint density at radius 1 is 1.16 bits per heavy atom. The van der Waals surface area contributed by atoms with Crippen molar-refractivity contribution in [3.63, 3.8) is 0 Å². The van der Waals surface area contributed by atoms with Crippen LogP contribution in [0.1, 0.15) is 37.3 Å². The van der Waals surface area contributed by atoms with Crippen LogP contribution in [0, 0.1) is 11.6 Å². The van der Waals surface area contributed by atoms with E-state index < -0.39 is 11.6 Å². The van der Waals surface area contributed by atoms with Crippen LogP contribution in [0.5, 0.6) is 0 Å². The second kappa shape index (κ2) is 5.65. The zero-order chi connectivity index (χ0) is 17.8. The molecular formula is C21H21F2NO. The lowest BCUT2D eigenvalue weighted by atomic mass is 9.63. The molecule has 0 saturated carbocycles. The summed E-state index contributed by atoms with van der Waals surface area (Å²) in [7, 11) is 1.89. The van der Waals surface area contributed by atoms with Crippen LogP contribution in [0.15, 0.2) is 36.4 Å². The molecule has 2 atom stereocenters. The number of carbonyl (C=O) groups is 1. The highest BCUT2D eigenvalue weighted by Crippen LogP contribution is 2.46. The maximum absolute atomic E-state index is 14.1. The first-order valence-corrected chi connectivity index (χ1v) is 8.75. The van der Waals surface area contributed by atoms with Gasteiger partial charge in [-0.1, -0.05) is 37.3 Å². The minimum Gasteiger partial charge on any atom is -0.342 e. The van der Waals surface area contributed by atoms with Crippen LogP contribution in [-0.2, 0) is 16.6 Å². The summed E-state index contributed by atoms with van der Waals surface area (Å²) >= 11 is 0. The average Bonchev–Trinajstić information content (AvgIpc) is 2.60. The Morgan fingerprint density at radius 2 is 1.96 bits per heavy atom. The average molecular weight is 341 g/mol. The monoisotopic (exact) mass is 341 g/mol. The fraction of sp³-hybridized carbons (Fsp3) is 0.381. The minimum absolute atomic E-state index is 0.0742. The summed E-state index contributed by atoms with van der Waals surface area (Å²) in [4.78, 5) is 14.0. The molecule has 4 heteroatoms. The van der Waals surface area contributed by atoms with Gasteiger partial charge in [-0.3, -0.25) is 4.79 Å². The maximum Gasteiger partial charge on any atom is 0.222 e. The van der Waals surface area contributed by atoms with Crippen LogP contribution in [0.25, 0.3) is 11.1 Å². The summed E-state index contributed by atoms with van der Waals surface area (Å²) in [6.45, 7) is 2.22. The second-order valence-electron chi connectivity index (χ2n) is 7.45. The number of fused-ring (bicyclic) bond motifs is 3. The number of likely N-dealkylation sites (N-methyl/N-ethyl adjacent to an activating group) is 1. The molecule has 1 saturated heterocycles. The zero-order valence-electron chi connectivity index (χ0n) is 14.5. The van der Waals surface area contributed by atoms with Crippen LogP contribution in [0.2, 0.25) is 0 Å². The molecule has 1 unspecified atom stereocenters. The smallest absolute Gasteiger partial charge is 0.222 e. The van der Waals surface area contributed by atoms with Crippen molar-refractivity contribution in [3.8, 4) is 11.1 Å². The highest BCUT2D eigenvalue weighted by Gasteiger charge is 2.46. The Labute approximate surface area is 146 Å². The third-order valence-corrected chi connectivity index (χ3v) is 6.12. The molecule has 4 rings (SSSR count). The van der Waals surface area contributed by atoms with Crippen LogP contribution < -0.4 is 0 Å². The van der Waals surface area contributed by atoms with Gasteiger partial charge in [-0.05, 0) is 42.0 Å². The molecule has 2 aromatic carbocycles. The number of hydrogen-bond acceptors (Lipinski definition) is 1. The largest absolute Gasteiger partial charge is 0.342 e. The summed E-state index contributed by atoms with van der Waals surface area (Å²) in [6, 6.07) is 10.4. The van der Waals surface area contributed by atoms with Gasteiger partial charge in [0.05, 0.1) is 0 Å². The van der Waals surface area contributed by atoms with Crippen molar-refractivity contribution >= 4 is 5.91 Å². The van der Waals surface area contributed by atoms with Crippen molar-refractivity contribution in [1.29, 1.82) is 0 Å². The Kier molecular flexibility index (Phi) is 3.67. The topological polar surface area (TPSA) is 20.3 Å². The molecule has 1 aliphatic heterocycles. The Morgan fingerprint density at radius 3 is 2.76 bits per heavy atom. The van der Waals surface area contributed by atoms with Crippen molar-refractivity contribution in [2.45, 2.75) is 44.1 Å². The van der Waals surface area contributed by atoms with Crippen molar-refractivity contribution in [2.24, 2.45) is 0 Å². The molecule has 0 bridgehead atoms. The molecule has 1 heterocycles. The Balaban J connectivity index is 1.78. The fourth-order valence-electron chi connectivity index (χ4n) is 4.68. The van der Waals surface area contributed by atoms with Crippen molar-refractivity contribution in [1.82, 2.24) is 4.90 Å². The minimum atomic E-state index is -0.824. The van der Waals surface area contributed by atoms with Gasteiger partial charge in [-0.15, -0.1) is 0 Å². The molecular weight excluding hydrogens is 320 g/mol. The number of nitrogens with zero attached hydrogens (tertiary/aromatic N) is 1. The fourth-order valence-corrected chi connectivity index (χ4v) is 4.68. The quantitative estimate of drug-likeness (QED) is 0.750. The molecule has 1 amide bonds. The van der Waals surface area contributed by atoms with Gasteiger partial charge in [0.2, 0.25) is 5.91 Å². The van der Waals surface area contributed by atoms with Gasteiger partial charge in [0.1, 0.15) is 0 Å². The van der Waals surface area contributed by atoms with E-state index in [2.05, 4.69) is 6.92 Å². The molecule has 2 nitrogen and oxygen atoms in total. The second-order valence-corrected chi connectivity index (χ2v) is 7.45. The van der Waals surface area contributed by atoms with E-state index in [-0.39, 0.29) is 17.4 Å². The van der Waals surface area contributed by atoms with Crippen LogP contribution in [-0.4, -0.2) is 23.9 Å². The predicted octanol–water partition coefficient (Wildman–Crippen LogP) is 4.46. The van der Waals surface area contributed by atoms with E-state index in [1.165, 1.54) is 17.2 Å². The van der Waals surface area contributed by atoms with Gasteiger partial charge in [0.15, 0.2) is 11.6 Å². The van der Waals surface area contributed by atoms with Gasteiger partial charge in [-0.25, -0.2) is 8.78 Å². The molecule has 2 aliphatic rings. The highest BCUT2D eigenvalue weighted by atomic mass is 19.2. The van der Waals surface area contributed by atoms with Gasteiger partial charge in [0.25, 0.3) is 0 Å². The zero-order valence-corrected chi connectivity index (χ0v) is 14.5. The van der Waals surface area contributed by atoms with Crippen LogP contribution in [0.4, 0.5) is 8.78 Å². The molecule has 2 aromatic rings. The van der Waals surface area contributed by atoms with Crippen molar-refractivity contribution in [2.75, 3.05) is 7.05 Å². The maximum atomic E-state index is 14.1. The van der Waals surface area contributed by atoms with Gasteiger partial charge in [0, 0.05) is 30.5 Å². The number of hydrogen-bond donors (Lipinski definition) is 0. The summed E-state index contributed by atoms with van der Waals surface area (Å²) < 4.78 is 27.7. The summed E-state index contributed by atoms with van der Waals surface area (Å²) in [6.07, 6.45) is 3.14. The number of halogens is 2. The van der Waals surface area contributed by atoms with Crippen LogP contribution in [0.3, 0.4) is 0 Å². The van der Waals surface area contributed by atoms with E-state index in [4.69, 9.17) is 0 Å². The lowest BCUT2D eigenvalue weighted by Crippen LogP contribution is -2.56. The SMILES string of the molecule is CN1C(=O)CC[C@]2(C)c3ccc(-c4cccc(F)c4F)cc3CCC12. The lowest BCUT2D eigenvalue weighted by Gasteiger charge is -2.50. The van der Waals surface area contributed by atoms with E-state index in [1.807, 2.05) is 30.1 Å². The van der Waals surface area contributed by atoms with Crippen molar-refractivity contribution < 1.29 is 13.6 Å². The molecule has 130 valence electrons. The number of carbonyl (C=O) groups excluding carboxylic acids is 1. The van der Waals surface area contributed by atoms with E-state index in [0.29, 0.717) is 17.5 Å². The molecule has 1 aliphatic carbocycles. The molecule has 0 N–H and O–H groups in total. The van der Waals surface area contributed by atoms with Gasteiger partial charge < -0.3 is 4.90 Å². The number of likely N-dealkylation sites (tertiary alicyclic amines) is 1. The molecule has 0 aromatic heterocycles. The number of rotatable bonds is 1. The van der Waals surface area contributed by atoms with E-state index in [1.54, 1.807) is 6.07 Å². The number of aryl methyl sites for hydroxylation is 1. The summed E-state index contributed by atoms with van der Waals surface area (Å²) in [5.41, 5.74) is 3.35. The molecule has 1 fully saturated rings. The van der Waals surface area contributed by atoms with Crippen molar-refractivity contribution in [3.05, 3.63) is 59.2 Å². The standard InChI is InChI=1S/C21H21F2NO/c1-21-11-10-19(25)24(2)18(21)9-7-14-12-13(6-8-16(14)21)15-4-3-5-17(22)20(15)23/h3-6,8,12,18H,7,9-11H2,1-2H3/t18?,21-/m1/s1. The predicted molar refractivity (Wildman–Crippen MR) is 93.3 cm³/mol. The van der Waals surface area contributed by atoms with Crippen LogP contribution >= 0.6 is 0 Å². The highest BCUT2D eigenvalue weighted by molar-refractivity contribution is 5.78. The van der Waals surface area contributed by atoms with Gasteiger partial charge in [-0.2, -0.15) is 0 Å².